The van der Waals surface area contributed by atoms with Crippen LogP contribution in [0.5, 0.6) is 0 Å². The van der Waals surface area contributed by atoms with E-state index in [0.717, 1.165) is 0 Å². The summed E-state index contributed by atoms with van der Waals surface area (Å²) >= 11 is 0. The van der Waals surface area contributed by atoms with Crippen molar-refractivity contribution in [3.8, 4) is 0 Å². The van der Waals surface area contributed by atoms with Crippen molar-refractivity contribution in [1.29, 1.82) is 0 Å². The van der Waals surface area contributed by atoms with Crippen molar-refractivity contribution < 1.29 is 48.0 Å². The quantitative estimate of drug-likeness (QED) is 0.339. The molecule has 0 aromatic heterocycles. The molecule has 10 nitrogen and oxygen atoms in total. The Morgan fingerprint density at radius 3 is 1.44 bits per heavy atom. The van der Waals surface area contributed by atoms with E-state index in [4.69, 9.17) is 23.7 Å². The summed E-state index contributed by atoms with van der Waals surface area (Å²) in [6.07, 6.45) is -7.67. The van der Waals surface area contributed by atoms with Crippen LogP contribution in [0.2, 0.25) is 0 Å². The van der Waals surface area contributed by atoms with Crippen molar-refractivity contribution in [3.05, 3.63) is 108 Å². The molecule has 39 heavy (non-hydrogen) atoms. The summed E-state index contributed by atoms with van der Waals surface area (Å²) in [5.74, 6) is -3.13. The highest BCUT2D eigenvalue weighted by atomic mass is 16.7. The van der Waals surface area contributed by atoms with Crippen LogP contribution in [0.15, 0.2) is 91.0 Å². The molecule has 1 saturated heterocycles. The molecule has 1 fully saturated rings. The van der Waals surface area contributed by atoms with Crippen molar-refractivity contribution in [2.75, 3.05) is 6.61 Å². The molecule has 10 heteroatoms. The van der Waals surface area contributed by atoms with Gasteiger partial charge in [0.25, 0.3) is 0 Å². The van der Waals surface area contributed by atoms with Crippen LogP contribution < -0.4 is 0 Å². The average molecular weight is 535 g/mol. The Hall–Kier alpha value is -4.54. The van der Waals surface area contributed by atoms with Gasteiger partial charge in [-0.15, -0.1) is 0 Å². The monoisotopic (exact) mass is 534 g/mol. The van der Waals surface area contributed by atoms with Crippen LogP contribution in [0.3, 0.4) is 0 Å². The number of esters is 4. The molecule has 4 rings (SSSR count). The Morgan fingerprint density at radius 2 is 1.03 bits per heavy atom. The zero-order chi connectivity index (χ0) is 27.8. The zero-order valence-corrected chi connectivity index (χ0v) is 20.9. The van der Waals surface area contributed by atoms with E-state index in [1.165, 1.54) is 43.3 Å². The van der Waals surface area contributed by atoms with E-state index in [-0.39, 0.29) is 16.7 Å². The smallest absolute Gasteiger partial charge is 0.338 e. The van der Waals surface area contributed by atoms with Crippen molar-refractivity contribution >= 4 is 23.9 Å². The standard InChI is InChI=1S/C29H26O10/c1-18(30)35-17-22-23(37-26(31)19-11-5-2-6-12-19)24(38-27(32)20-13-7-3-8-14-20)25(29(34)36-22)39-28(33)21-15-9-4-10-16-21/h2-16,22-25,29,34H,17H2,1H3/t22-,23-,24+,25-,29?/m1/s1. The molecule has 1 aliphatic heterocycles. The number of carbonyl (C=O) groups excluding carboxylic acids is 4. The van der Waals surface area contributed by atoms with Gasteiger partial charge in [-0.2, -0.15) is 0 Å². The molecular formula is C29H26O10. The van der Waals surface area contributed by atoms with E-state index in [2.05, 4.69) is 0 Å². The van der Waals surface area contributed by atoms with Crippen molar-refractivity contribution in [1.82, 2.24) is 0 Å². The van der Waals surface area contributed by atoms with Gasteiger partial charge in [-0.1, -0.05) is 54.6 Å². The second-order valence-corrected chi connectivity index (χ2v) is 8.58. The van der Waals surface area contributed by atoms with Crippen LogP contribution in [0.25, 0.3) is 0 Å². The molecule has 1 N–H and O–H groups in total. The third-order valence-corrected chi connectivity index (χ3v) is 5.82. The first-order valence-electron chi connectivity index (χ1n) is 12.1. The summed E-state index contributed by atoms with van der Waals surface area (Å²) in [5, 5.41) is 10.9. The van der Waals surface area contributed by atoms with E-state index in [9.17, 15) is 24.3 Å². The fraction of sp³-hybridized carbons (Fsp3) is 0.241. The summed E-state index contributed by atoms with van der Waals surface area (Å²) in [4.78, 5) is 50.5. The van der Waals surface area contributed by atoms with E-state index in [1.807, 2.05) is 0 Å². The summed E-state index contributed by atoms with van der Waals surface area (Å²) in [6, 6.07) is 23.9. The molecule has 3 aromatic carbocycles. The zero-order valence-electron chi connectivity index (χ0n) is 20.9. The molecule has 1 heterocycles. The third kappa shape index (κ3) is 7.07. The van der Waals surface area contributed by atoms with E-state index in [0.29, 0.717) is 0 Å². The highest BCUT2D eigenvalue weighted by Crippen LogP contribution is 2.30. The third-order valence-electron chi connectivity index (χ3n) is 5.82. The highest BCUT2D eigenvalue weighted by Gasteiger charge is 2.52. The van der Waals surface area contributed by atoms with Crippen LogP contribution in [0.4, 0.5) is 0 Å². The number of aliphatic hydroxyl groups is 1. The molecule has 5 atom stereocenters. The SMILES string of the molecule is CC(=O)OC[C@H]1OC(O)[C@H](OC(=O)c2ccccc2)[C@@H](OC(=O)c2ccccc2)[C@@H]1OC(=O)c1ccccc1. The van der Waals surface area contributed by atoms with Gasteiger partial charge in [0.05, 0.1) is 16.7 Å². The van der Waals surface area contributed by atoms with Gasteiger partial charge < -0.3 is 28.8 Å². The van der Waals surface area contributed by atoms with Crippen LogP contribution in [-0.4, -0.2) is 66.3 Å². The summed E-state index contributed by atoms with van der Waals surface area (Å²) in [5.41, 5.74) is 0.509. The fourth-order valence-electron chi connectivity index (χ4n) is 3.93. The topological polar surface area (TPSA) is 135 Å². The number of aliphatic hydroxyl groups excluding tert-OH is 1. The lowest BCUT2D eigenvalue weighted by Gasteiger charge is -2.42. The summed E-state index contributed by atoms with van der Waals surface area (Å²) in [6.45, 7) is 0.722. The van der Waals surface area contributed by atoms with Crippen LogP contribution in [-0.2, 0) is 28.5 Å². The van der Waals surface area contributed by atoms with Gasteiger partial charge in [0.15, 0.2) is 24.6 Å². The number of carbonyl (C=O) groups is 4. The van der Waals surface area contributed by atoms with E-state index in [1.54, 1.807) is 54.6 Å². The fourth-order valence-corrected chi connectivity index (χ4v) is 3.93. The van der Waals surface area contributed by atoms with Gasteiger partial charge >= 0.3 is 23.9 Å². The minimum absolute atomic E-state index is 0.163. The molecular weight excluding hydrogens is 508 g/mol. The molecule has 0 spiro atoms. The molecule has 0 bridgehead atoms. The maximum Gasteiger partial charge on any atom is 0.338 e. The van der Waals surface area contributed by atoms with Gasteiger partial charge in [0.2, 0.25) is 0 Å². The van der Waals surface area contributed by atoms with Gasteiger partial charge in [-0.25, -0.2) is 14.4 Å². The number of hydrogen-bond donors (Lipinski definition) is 1. The van der Waals surface area contributed by atoms with Crippen molar-refractivity contribution in [2.24, 2.45) is 0 Å². The Labute approximate surface area is 224 Å². The van der Waals surface area contributed by atoms with E-state index >= 15 is 0 Å². The van der Waals surface area contributed by atoms with Gasteiger partial charge in [-0.3, -0.25) is 4.79 Å². The molecule has 0 radical (unpaired) electrons. The number of rotatable bonds is 8. The van der Waals surface area contributed by atoms with Crippen molar-refractivity contribution in [3.63, 3.8) is 0 Å². The maximum atomic E-state index is 13.1. The number of ether oxygens (including phenoxy) is 5. The van der Waals surface area contributed by atoms with Crippen LogP contribution >= 0.6 is 0 Å². The Morgan fingerprint density at radius 1 is 0.641 bits per heavy atom. The van der Waals surface area contributed by atoms with E-state index < -0.39 is 61.2 Å². The minimum Gasteiger partial charge on any atom is -0.463 e. The largest absolute Gasteiger partial charge is 0.463 e. The van der Waals surface area contributed by atoms with Crippen LogP contribution in [0, 0.1) is 0 Å². The first-order valence-corrected chi connectivity index (χ1v) is 12.1. The minimum atomic E-state index is -1.82. The Bertz CT molecular complexity index is 1280. The lowest BCUT2D eigenvalue weighted by molar-refractivity contribution is -0.285. The van der Waals surface area contributed by atoms with Crippen LogP contribution in [0.1, 0.15) is 38.0 Å². The predicted octanol–water partition coefficient (Wildman–Crippen LogP) is 2.94. The highest BCUT2D eigenvalue weighted by molar-refractivity contribution is 5.91. The van der Waals surface area contributed by atoms with Gasteiger partial charge in [-0.05, 0) is 36.4 Å². The average Bonchev–Trinajstić information content (AvgIpc) is 2.96. The molecule has 0 saturated carbocycles. The second-order valence-electron chi connectivity index (χ2n) is 8.58. The van der Waals surface area contributed by atoms with Crippen molar-refractivity contribution in [2.45, 2.75) is 37.6 Å². The maximum absolute atomic E-state index is 13.1. The molecule has 1 unspecified atom stereocenters. The molecule has 202 valence electrons. The number of benzene rings is 3. The first-order chi connectivity index (χ1) is 18.8. The Balaban J connectivity index is 1.69. The van der Waals surface area contributed by atoms with Gasteiger partial charge in [0, 0.05) is 6.92 Å². The number of hydrogen-bond acceptors (Lipinski definition) is 10. The molecule has 3 aromatic rings. The summed E-state index contributed by atoms with van der Waals surface area (Å²) < 4.78 is 27.6. The lowest BCUT2D eigenvalue weighted by Crippen LogP contribution is -2.62. The normalized spacial score (nSPS) is 22.3. The second kappa shape index (κ2) is 12.8. The first kappa shape index (κ1) is 27.5. The Kier molecular flexibility index (Phi) is 9.03. The molecule has 0 amide bonds. The lowest BCUT2D eigenvalue weighted by atomic mass is 9.97. The molecule has 0 aliphatic carbocycles. The predicted molar refractivity (Wildman–Crippen MR) is 134 cm³/mol. The summed E-state index contributed by atoms with van der Waals surface area (Å²) in [7, 11) is 0. The van der Waals surface area contributed by atoms with Gasteiger partial charge in [0.1, 0.15) is 12.7 Å². The molecule has 1 aliphatic rings.